The highest BCUT2D eigenvalue weighted by Gasteiger charge is 2.12. The van der Waals surface area contributed by atoms with Gasteiger partial charge in [0, 0.05) is 24.6 Å². The first-order chi connectivity index (χ1) is 13.7. The van der Waals surface area contributed by atoms with E-state index in [4.69, 9.17) is 5.73 Å². The van der Waals surface area contributed by atoms with E-state index in [0.717, 1.165) is 23.5 Å². The van der Waals surface area contributed by atoms with Crippen LogP contribution < -0.4 is 11.1 Å². The fourth-order valence-corrected chi connectivity index (χ4v) is 3.47. The molecule has 28 heavy (non-hydrogen) atoms. The van der Waals surface area contributed by atoms with Crippen LogP contribution in [0.25, 0.3) is 11.3 Å². The van der Waals surface area contributed by atoms with Gasteiger partial charge in [0.15, 0.2) is 0 Å². The van der Waals surface area contributed by atoms with Crippen molar-refractivity contribution in [3.8, 4) is 11.3 Å². The Morgan fingerprint density at radius 1 is 0.964 bits per heavy atom. The predicted molar refractivity (Wildman–Crippen MR) is 113 cm³/mol. The second kappa shape index (κ2) is 8.35. The minimum absolute atomic E-state index is 0.417. The maximum absolute atomic E-state index is 6.18. The zero-order valence-corrected chi connectivity index (χ0v) is 16.2. The molecular formula is C22H26N6. The molecule has 0 aliphatic carbocycles. The van der Waals surface area contributed by atoms with Crippen LogP contribution in [-0.4, -0.2) is 32.9 Å². The molecule has 3 aromatic rings. The Morgan fingerprint density at radius 2 is 1.75 bits per heavy atom. The van der Waals surface area contributed by atoms with E-state index in [0.29, 0.717) is 11.8 Å². The minimum Gasteiger partial charge on any atom is -0.383 e. The summed E-state index contributed by atoms with van der Waals surface area (Å²) < 4.78 is 0. The summed E-state index contributed by atoms with van der Waals surface area (Å²) in [5.74, 6) is 0.896. The van der Waals surface area contributed by atoms with Crippen molar-refractivity contribution in [2.75, 3.05) is 24.1 Å². The fraction of sp³-hybridized carbons (Fsp3) is 0.318. The minimum atomic E-state index is 0.417. The molecule has 1 saturated heterocycles. The maximum Gasteiger partial charge on any atom is 0.229 e. The van der Waals surface area contributed by atoms with Crippen molar-refractivity contribution in [2.45, 2.75) is 32.7 Å². The average Bonchev–Trinajstić information content (AvgIpc) is 2.72. The van der Waals surface area contributed by atoms with Gasteiger partial charge in [-0.1, -0.05) is 30.2 Å². The van der Waals surface area contributed by atoms with Gasteiger partial charge in [-0.05, 0) is 56.6 Å². The van der Waals surface area contributed by atoms with Crippen molar-refractivity contribution in [3.63, 3.8) is 0 Å². The second-order valence-corrected chi connectivity index (χ2v) is 7.37. The zero-order valence-electron chi connectivity index (χ0n) is 16.2. The van der Waals surface area contributed by atoms with Crippen LogP contribution in [0.15, 0.2) is 48.8 Å². The number of likely N-dealkylation sites (tertiary alicyclic amines) is 1. The number of hydrogen-bond donors (Lipinski definition) is 2. The third-order valence-corrected chi connectivity index (χ3v) is 5.08. The number of hydrogen-bond acceptors (Lipinski definition) is 6. The predicted octanol–water partition coefficient (Wildman–Crippen LogP) is 4.16. The second-order valence-electron chi connectivity index (χ2n) is 7.37. The third kappa shape index (κ3) is 4.46. The Hall–Kier alpha value is -2.99. The fourth-order valence-electron chi connectivity index (χ4n) is 3.47. The van der Waals surface area contributed by atoms with Gasteiger partial charge in [0.2, 0.25) is 5.95 Å². The van der Waals surface area contributed by atoms with Crippen molar-refractivity contribution in [1.29, 1.82) is 0 Å². The molecular weight excluding hydrogens is 348 g/mol. The molecule has 3 N–H and O–H groups in total. The molecule has 144 valence electrons. The summed E-state index contributed by atoms with van der Waals surface area (Å²) >= 11 is 0. The van der Waals surface area contributed by atoms with Gasteiger partial charge in [-0.25, -0.2) is 4.98 Å². The van der Waals surface area contributed by atoms with Crippen molar-refractivity contribution < 1.29 is 0 Å². The molecule has 2 aromatic heterocycles. The van der Waals surface area contributed by atoms with E-state index < -0.39 is 0 Å². The molecule has 1 aromatic carbocycles. The SMILES string of the molecule is Cc1ccc(Nc2ncc(-c3ccc(CN4CCCCC4)cn3)c(N)n2)cc1. The molecule has 6 heteroatoms. The van der Waals surface area contributed by atoms with Gasteiger partial charge in [-0.2, -0.15) is 4.98 Å². The number of nitrogens with zero attached hydrogens (tertiary/aromatic N) is 4. The Bertz CT molecular complexity index is 915. The van der Waals surface area contributed by atoms with Gasteiger partial charge in [0.25, 0.3) is 0 Å². The highest BCUT2D eigenvalue weighted by Crippen LogP contribution is 2.24. The Morgan fingerprint density at radius 3 is 2.43 bits per heavy atom. The lowest BCUT2D eigenvalue weighted by Crippen LogP contribution is -2.29. The van der Waals surface area contributed by atoms with Crippen LogP contribution in [0, 0.1) is 6.92 Å². The van der Waals surface area contributed by atoms with Gasteiger partial charge >= 0.3 is 0 Å². The first-order valence-electron chi connectivity index (χ1n) is 9.81. The number of benzene rings is 1. The molecule has 0 radical (unpaired) electrons. The quantitative estimate of drug-likeness (QED) is 0.698. The highest BCUT2D eigenvalue weighted by atomic mass is 15.1. The first kappa shape index (κ1) is 18.4. The van der Waals surface area contributed by atoms with Crippen molar-refractivity contribution in [3.05, 3.63) is 59.9 Å². The number of aryl methyl sites for hydroxylation is 1. The van der Waals surface area contributed by atoms with E-state index >= 15 is 0 Å². The molecule has 1 aliphatic rings. The average molecular weight is 374 g/mol. The molecule has 0 unspecified atom stereocenters. The Balaban J connectivity index is 1.45. The summed E-state index contributed by atoms with van der Waals surface area (Å²) in [6.07, 6.45) is 7.60. The number of anilines is 3. The summed E-state index contributed by atoms with van der Waals surface area (Å²) in [5, 5.41) is 3.18. The molecule has 0 amide bonds. The number of nitrogen functional groups attached to an aromatic ring is 1. The van der Waals surface area contributed by atoms with E-state index in [2.05, 4.69) is 38.2 Å². The molecule has 0 atom stereocenters. The van der Waals surface area contributed by atoms with Gasteiger partial charge in [-0.3, -0.25) is 9.88 Å². The van der Waals surface area contributed by atoms with Crippen LogP contribution in [0.4, 0.5) is 17.5 Å². The molecule has 4 rings (SSSR count). The molecule has 6 nitrogen and oxygen atoms in total. The molecule has 3 heterocycles. The normalized spacial score (nSPS) is 14.8. The van der Waals surface area contributed by atoms with Crippen molar-refractivity contribution in [2.24, 2.45) is 0 Å². The van der Waals surface area contributed by atoms with Crippen LogP contribution >= 0.6 is 0 Å². The summed E-state index contributed by atoms with van der Waals surface area (Å²) in [4.78, 5) is 15.9. The van der Waals surface area contributed by atoms with Crippen LogP contribution in [-0.2, 0) is 6.54 Å². The van der Waals surface area contributed by atoms with Gasteiger partial charge in [0.1, 0.15) is 5.82 Å². The maximum atomic E-state index is 6.18. The third-order valence-electron chi connectivity index (χ3n) is 5.08. The van der Waals surface area contributed by atoms with E-state index in [1.807, 2.05) is 36.5 Å². The highest BCUT2D eigenvalue weighted by molar-refractivity contribution is 5.71. The largest absolute Gasteiger partial charge is 0.383 e. The smallest absolute Gasteiger partial charge is 0.229 e. The summed E-state index contributed by atoms with van der Waals surface area (Å²) in [5.41, 5.74) is 11.1. The molecule has 1 aliphatic heterocycles. The number of nitrogens with one attached hydrogen (secondary N) is 1. The number of rotatable bonds is 5. The Kier molecular flexibility index (Phi) is 5.48. The summed E-state index contributed by atoms with van der Waals surface area (Å²) in [6, 6.07) is 12.2. The lowest BCUT2D eigenvalue weighted by molar-refractivity contribution is 0.220. The first-order valence-corrected chi connectivity index (χ1v) is 9.81. The van der Waals surface area contributed by atoms with Gasteiger partial charge < -0.3 is 11.1 Å². The van der Waals surface area contributed by atoms with Crippen molar-refractivity contribution in [1.82, 2.24) is 19.9 Å². The molecule has 0 bridgehead atoms. The Labute approximate surface area is 165 Å². The van der Waals surface area contributed by atoms with Gasteiger partial charge in [-0.15, -0.1) is 0 Å². The monoisotopic (exact) mass is 374 g/mol. The number of aromatic nitrogens is 3. The number of piperidine rings is 1. The van der Waals surface area contributed by atoms with E-state index in [-0.39, 0.29) is 0 Å². The molecule has 0 spiro atoms. The lowest BCUT2D eigenvalue weighted by Gasteiger charge is -2.26. The van der Waals surface area contributed by atoms with Crippen molar-refractivity contribution >= 4 is 17.5 Å². The molecule has 1 fully saturated rings. The van der Waals surface area contributed by atoms with Gasteiger partial charge in [0.05, 0.1) is 11.3 Å². The van der Waals surface area contributed by atoms with E-state index in [1.165, 1.54) is 43.5 Å². The number of pyridine rings is 1. The topological polar surface area (TPSA) is 80.0 Å². The molecule has 0 saturated carbocycles. The van der Waals surface area contributed by atoms with Crippen LogP contribution in [0.3, 0.4) is 0 Å². The lowest BCUT2D eigenvalue weighted by atomic mass is 10.1. The van der Waals surface area contributed by atoms with Crippen LogP contribution in [0.5, 0.6) is 0 Å². The number of nitrogens with two attached hydrogens (primary N) is 1. The standard InChI is InChI=1S/C22H26N6/c1-16-5-8-18(9-6-16)26-22-25-14-19(21(23)27-22)20-10-7-17(13-24-20)15-28-11-3-2-4-12-28/h5-10,13-14H,2-4,11-12,15H2,1H3,(H3,23,25,26,27). The summed E-state index contributed by atoms with van der Waals surface area (Å²) in [6.45, 7) is 5.37. The van der Waals surface area contributed by atoms with Crippen LogP contribution in [0.1, 0.15) is 30.4 Å². The summed E-state index contributed by atoms with van der Waals surface area (Å²) in [7, 11) is 0. The zero-order chi connectivity index (χ0) is 19.3. The van der Waals surface area contributed by atoms with E-state index in [9.17, 15) is 0 Å². The van der Waals surface area contributed by atoms with Crippen LogP contribution in [0.2, 0.25) is 0 Å². The van der Waals surface area contributed by atoms with E-state index in [1.54, 1.807) is 6.20 Å².